The van der Waals surface area contributed by atoms with Crippen molar-refractivity contribution in [3.63, 3.8) is 0 Å². The largest absolute Gasteiger partial charge is 0.392 e. The fraction of sp³-hybridized carbons (Fsp3) is 0.267. The number of benzene rings is 1. The number of nitrogens with zero attached hydrogens (tertiary/aromatic N) is 2. The van der Waals surface area contributed by atoms with E-state index in [9.17, 15) is 5.11 Å². The van der Waals surface area contributed by atoms with Crippen LogP contribution in [0.5, 0.6) is 0 Å². The molecule has 2 aromatic rings. The number of pyridine rings is 1. The topological polar surface area (TPSA) is 36.4 Å². The van der Waals surface area contributed by atoms with Crippen LogP contribution in [0.4, 0.5) is 11.5 Å². The van der Waals surface area contributed by atoms with Crippen molar-refractivity contribution < 1.29 is 5.11 Å². The summed E-state index contributed by atoms with van der Waals surface area (Å²) in [5, 5.41) is 9.77. The Hall–Kier alpha value is -1.58. The van der Waals surface area contributed by atoms with Crippen molar-refractivity contribution in [3.05, 3.63) is 52.7 Å². The van der Waals surface area contributed by atoms with Gasteiger partial charge in [-0.1, -0.05) is 23.7 Å². The van der Waals surface area contributed by atoms with Gasteiger partial charge in [-0.3, -0.25) is 0 Å². The molecule has 0 saturated heterocycles. The number of hydrogen-bond donors (Lipinski definition) is 1. The van der Waals surface area contributed by atoms with Crippen molar-refractivity contribution in [1.29, 1.82) is 0 Å². The highest BCUT2D eigenvalue weighted by molar-refractivity contribution is 6.31. The van der Waals surface area contributed by atoms with Gasteiger partial charge in [-0.25, -0.2) is 4.98 Å². The van der Waals surface area contributed by atoms with Crippen LogP contribution in [-0.4, -0.2) is 16.6 Å². The van der Waals surface area contributed by atoms with Crippen LogP contribution in [0.25, 0.3) is 0 Å². The van der Waals surface area contributed by atoms with Crippen LogP contribution in [0.3, 0.4) is 0 Å². The average Bonchev–Trinajstić information content (AvgIpc) is 2.41. The third-order valence-electron chi connectivity index (χ3n) is 3.00. The molecule has 0 aliphatic rings. The number of hydrogen-bond acceptors (Lipinski definition) is 3. The lowest BCUT2D eigenvalue weighted by Crippen LogP contribution is -2.17. The Balaban J connectivity index is 2.42. The zero-order chi connectivity index (χ0) is 13.8. The van der Waals surface area contributed by atoms with Crippen molar-refractivity contribution >= 4 is 23.1 Å². The molecule has 3 nitrogen and oxygen atoms in total. The van der Waals surface area contributed by atoms with Crippen LogP contribution in [0.15, 0.2) is 36.5 Å². The van der Waals surface area contributed by atoms with Gasteiger partial charge in [-0.2, -0.15) is 0 Å². The molecule has 0 bridgehead atoms. The molecule has 0 saturated carbocycles. The number of anilines is 2. The minimum absolute atomic E-state index is 0.0836. The van der Waals surface area contributed by atoms with Gasteiger partial charge < -0.3 is 10.0 Å². The van der Waals surface area contributed by atoms with E-state index in [2.05, 4.69) is 35.9 Å². The summed E-state index contributed by atoms with van der Waals surface area (Å²) >= 11 is 5.97. The van der Waals surface area contributed by atoms with E-state index >= 15 is 0 Å². The second-order valence-corrected chi connectivity index (χ2v) is 4.78. The zero-order valence-corrected chi connectivity index (χ0v) is 11.9. The Morgan fingerprint density at radius 1 is 1.32 bits per heavy atom. The SMILES string of the molecule is CCN(c1cccc(C)c1)c1cc(CO)c(Cl)cn1. The number of rotatable bonds is 4. The van der Waals surface area contributed by atoms with Gasteiger partial charge in [0.1, 0.15) is 5.82 Å². The van der Waals surface area contributed by atoms with Gasteiger partial charge in [-0.05, 0) is 37.6 Å². The van der Waals surface area contributed by atoms with Crippen LogP contribution >= 0.6 is 11.6 Å². The van der Waals surface area contributed by atoms with Crippen LogP contribution in [0, 0.1) is 6.92 Å². The molecular weight excluding hydrogens is 260 g/mol. The van der Waals surface area contributed by atoms with E-state index in [1.807, 2.05) is 18.2 Å². The van der Waals surface area contributed by atoms with Crippen molar-refractivity contribution in [2.45, 2.75) is 20.5 Å². The van der Waals surface area contributed by atoms with Gasteiger partial charge in [0.05, 0.1) is 11.6 Å². The van der Waals surface area contributed by atoms with Crippen LogP contribution in [-0.2, 0) is 6.61 Å². The van der Waals surface area contributed by atoms with E-state index < -0.39 is 0 Å². The van der Waals surface area contributed by atoms with Gasteiger partial charge in [0, 0.05) is 24.0 Å². The minimum atomic E-state index is -0.0836. The summed E-state index contributed by atoms with van der Waals surface area (Å²) in [4.78, 5) is 6.43. The molecule has 100 valence electrons. The summed E-state index contributed by atoms with van der Waals surface area (Å²) in [6, 6.07) is 10.1. The summed E-state index contributed by atoms with van der Waals surface area (Å²) in [7, 11) is 0. The first-order chi connectivity index (χ1) is 9.15. The van der Waals surface area contributed by atoms with Crippen molar-refractivity contribution in [2.24, 2.45) is 0 Å². The Kier molecular flexibility index (Phi) is 4.40. The smallest absolute Gasteiger partial charge is 0.133 e. The van der Waals surface area contributed by atoms with Crippen LogP contribution < -0.4 is 4.90 Å². The van der Waals surface area contributed by atoms with E-state index in [4.69, 9.17) is 11.6 Å². The van der Waals surface area contributed by atoms with Gasteiger partial charge >= 0.3 is 0 Å². The highest BCUT2D eigenvalue weighted by Gasteiger charge is 2.11. The molecule has 0 unspecified atom stereocenters. The Bertz CT molecular complexity index is 572. The third-order valence-corrected chi connectivity index (χ3v) is 3.34. The Morgan fingerprint density at radius 3 is 2.74 bits per heavy atom. The molecule has 4 heteroatoms. The third kappa shape index (κ3) is 3.06. The summed E-state index contributed by atoms with van der Waals surface area (Å²) in [5.41, 5.74) is 2.98. The van der Waals surface area contributed by atoms with Gasteiger partial charge in [0.25, 0.3) is 0 Å². The van der Waals surface area contributed by atoms with E-state index in [-0.39, 0.29) is 6.61 Å². The number of aryl methyl sites for hydroxylation is 1. The summed E-state index contributed by atoms with van der Waals surface area (Å²) in [6.45, 7) is 4.84. The molecule has 2 rings (SSSR count). The van der Waals surface area contributed by atoms with Crippen molar-refractivity contribution in [2.75, 3.05) is 11.4 Å². The first-order valence-corrected chi connectivity index (χ1v) is 6.63. The maximum atomic E-state index is 9.28. The van der Waals surface area contributed by atoms with E-state index in [0.29, 0.717) is 10.6 Å². The lowest BCUT2D eigenvalue weighted by molar-refractivity contribution is 0.282. The maximum Gasteiger partial charge on any atom is 0.133 e. The predicted octanol–water partition coefficient (Wildman–Crippen LogP) is 3.69. The van der Waals surface area contributed by atoms with E-state index in [1.54, 1.807) is 6.20 Å². The molecule has 0 amide bonds. The van der Waals surface area contributed by atoms with Crippen molar-refractivity contribution in [1.82, 2.24) is 4.98 Å². The molecule has 0 aliphatic heterocycles. The van der Waals surface area contributed by atoms with Crippen LogP contribution in [0.1, 0.15) is 18.1 Å². The molecule has 0 aliphatic carbocycles. The average molecular weight is 277 g/mol. The zero-order valence-electron chi connectivity index (χ0n) is 11.1. The summed E-state index contributed by atoms with van der Waals surface area (Å²) in [6.07, 6.45) is 1.58. The highest BCUT2D eigenvalue weighted by atomic mass is 35.5. The Morgan fingerprint density at radius 2 is 2.11 bits per heavy atom. The molecule has 0 radical (unpaired) electrons. The molecular formula is C15H17ClN2O. The quantitative estimate of drug-likeness (QED) is 0.925. The second kappa shape index (κ2) is 6.04. The Labute approximate surface area is 118 Å². The molecule has 0 atom stereocenters. The van der Waals surface area contributed by atoms with E-state index in [0.717, 1.165) is 18.1 Å². The number of aliphatic hydroxyl groups is 1. The minimum Gasteiger partial charge on any atom is -0.392 e. The first kappa shape index (κ1) is 13.8. The predicted molar refractivity (Wildman–Crippen MR) is 79.0 cm³/mol. The molecule has 1 heterocycles. The molecule has 1 aromatic carbocycles. The van der Waals surface area contributed by atoms with Gasteiger partial charge in [-0.15, -0.1) is 0 Å². The summed E-state index contributed by atoms with van der Waals surface area (Å²) in [5.74, 6) is 0.793. The monoisotopic (exact) mass is 276 g/mol. The standard InChI is InChI=1S/C15H17ClN2O/c1-3-18(13-6-4-5-11(2)7-13)15-8-12(10-19)14(16)9-17-15/h4-9,19H,3,10H2,1-2H3. The van der Waals surface area contributed by atoms with Crippen LogP contribution in [0.2, 0.25) is 5.02 Å². The highest BCUT2D eigenvalue weighted by Crippen LogP contribution is 2.27. The molecule has 0 fully saturated rings. The molecule has 1 N–H and O–H groups in total. The summed E-state index contributed by atoms with van der Waals surface area (Å²) < 4.78 is 0. The fourth-order valence-electron chi connectivity index (χ4n) is 2.01. The normalized spacial score (nSPS) is 10.5. The maximum absolute atomic E-state index is 9.28. The molecule has 1 aromatic heterocycles. The number of aromatic nitrogens is 1. The van der Waals surface area contributed by atoms with Crippen molar-refractivity contribution in [3.8, 4) is 0 Å². The fourth-order valence-corrected chi connectivity index (χ4v) is 2.17. The second-order valence-electron chi connectivity index (χ2n) is 4.38. The number of halogens is 1. The molecule has 19 heavy (non-hydrogen) atoms. The van der Waals surface area contributed by atoms with E-state index in [1.165, 1.54) is 5.56 Å². The lowest BCUT2D eigenvalue weighted by Gasteiger charge is -2.23. The molecule has 0 spiro atoms. The lowest BCUT2D eigenvalue weighted by atomic mass is 10.2. The van der Waals surface area contributed by atoms with Gasteiger partial charge in [0.15, 0.2) is 0 Å². The first-order valence-electron chi connectivity index (χ1n) is 6.25. The number of aliphatic hydroxyl groups excluding tert-OH is 1. The van der Waals surface area contributed by atoms with Gasteiger partial charge in [0.2, 0.25) is 0 Å².